The van der Waals surface area contributed by atoms with Gasteiger partial charge in [-0.2, -0.15) is 5.10 Å². The van der Waals surface area contributed by atoms with Crippen LogP contribution in [0.4, 0.5) is 0 Å². The van der Waals surface area contributed by atoms with Gasteiger partial charge in [0.05, 0.1) is 29.7 Å². The average molecular weight is 283 g/mol. The van der Waals surface area contributed by atoms with Gasteiger partial charge in [-0.25, -0.2) is 0 Å². The van der Waals surface area contributed by atoms with Gasteiger partial charge in [0, 0.05) is 6.54 Å². The minimum Gasteiger partial charge on any atom is -0.467 e. The van der Waals surface area contributed by atoms with Crippen molar-refractivity contribution in [2.24, 2.45) is 5.73 Å². The van der Waals surface area contributed by atoms with Crippen LogP contribution in [0.15, 0.2) is 22.9 Å². The molecule has 0 saturated heterocycles. The van der Waals surface area contributed by atoms with E-state index in [1.54, 1.807) is 12.5 Å². The largest absolute Gasteiger partial charge is 0.467 e. The monoisotopic (exact) mass is 282 g/mol. The number of nitrogens with zero attached hydrogens (tertiary/aromatic N) is 3. The first-order valence-electron chi connectivity index (χ1n) is 6.16. The lowest BCUT2D eigenvalue weighted by Gasteiger charge is -2.16. The van der Waals surface area contributed by atoms with Gasteiger partial charge < -0.3 is 15.1 Å². The molecular formula is C13H19ClN4O. The van der Waals surface area contributed by atoms with Gasteiger partial charge in [0.2, 0.25) is 0 Å². The molecule has 0 aromatic carbocycles. The molecule has 1 atom stereocenters. The number of aryl methyl sites for hydroxylation is 1. The first kappa shape index (κ1) is 14.1. The minimum atomic E-state index is -0.396. The lowest BCUT2D eigenvalue weighted by Crippen LogP contribution is -2.23. The molecule has 0 aliphatic rings. The highest BCUT2D eigenvalue weighted by atomic mass is 35.5. The first-order valence-corrected chi connectivity index (χ1v) is 6.54. The second-order valence-electron chi connectivity index (χ2n) is 4.85. The van der Waals surface area contributed by atoms with Crippen LogP contribution >= 0.6 is 11.6 Å². The number of hydrogen-bond donors (Lipinski definition) is 1. The van der Waals surface area contributed by atoms with E-state index in [1.165, 1.54) is 0 Å². The van der Waals surface area contributed by atoms with Gasteiger partial charge in [-0.15, -0.1) is 0 Å². The molecular weight excluding hydrogens is 264 g/mol. The molecule has 2 aromatic rings. The summed E-state index contributed by atoms with van der Waals surface area (Å²) in [4.78, 5) is 2.09. The topological polar surface area (TPSA) is 60.2 Å². The van der Waals surface area contributed by atoms with Crippen LogP contribution in [-0.4, -0.2) is 35.3 Å². The van der Waals surface area contributed by atoms with Gasteiger partial charge in [0.15, 0.2) is 0 Å². The molecule has 6 heteroatoms. The molecule has 1 unspecified atom stereocenters. The standard InChI is InChI=1S/C13H19ClN4O/c1-9-4-7-19-13(9)11(15)12-10(14)8-16-18(12)6-5-17(2)3/h4,7-8,11H,5-6,15H2,1-3H3. The third-order valence-corrected chi connectivity index (χ3v) is 3.36. The molecule has 5 nitrogen and oxygen atoms in total. The van der Waals surface area contributed by atoms with E-state index < -0.39 is 6.04 Å². The van der Waals surface area contributed by atoms with Gasteiger partial charge in [-0.3, -0.25) is 4.68 Å². The zero-order chi connectivity index (χ0) is 14.0. The summed E-state index contributed by atoms with van der Waals surface area (Å²) in [5, 5.41) is 4.86. The lowest BCUT2D eigenvalue weighted by atomic mass is 10.1. The highest BCUT2D eigenvalue weighted by molar-refractivity contribution is 6.31. The van der Waals surface area contributed by atoms with Crippen LogP contribution in [-0.2, 0) is 6.54 Å². The number of rotatable bonds is 5. The van der Waals surface area contributed by atoms with Crippen molar-refractivity contribution in [2.75, 3.05) is 20.6 Å². The molecule has 2 aromatic heterocycles. The smallest absolute Gasteiger partial charge is 0.129 e. The Morgan fingerprint density at radius 2 is 2.26 bits per heavy atom. The summed E-state index contributed by atoms with van der Waals surface area (Å²) in [6.45, 7) is 3.57. The number of halogens is 1. The van der Waals surface area contributed by atoms with Crippen LogP contribution in [0.2, 0.25) is 5.02 Å². The quantitative estimate of drug-likeness (QED) is 0.912. The van der Waals surface area contributed by atoms with Gasteiger partial charge in [-0.05, 0) is 32.6 Å². The van der Waals surface area contributed by atoms with Gasteiger partial charge in [-0.1, -0.05) is 11.6 Å². The molecule has 2 rings (SSSR count). The van der Waals surface area contributed by atoms with E-state index in [4.69, 9.17) is 21.8 Å². The fourth-order valence-corrected chi connectivity index (χ4v) is 2.24. The number of furan rings is 1. The van der Waals surface area contributed by atoms with E-state index in [-0.39, 0.29) is 0 Å². The molecule has 2 heterocycles. The third kappa shape index (κ3) is 3.00. The SMILES string of the molecule is Cc1ccoc1C(N)c1c(Cl)cnn1CCN(C)C. The Morgan fingerprint density at radius 1 is 1.53 bits per heavy atom. The lowest BCUT2D eigenvalue weighted by molar-refractivity contribution is 0.365. The van der Waals surface area contributed by atoms with Crippen LogP contribution < -0.4 is 5.73 Å². The van der Waals surface area contributed by atoms with Crippen molar-refractivity contribution in [1.82, 2.24) is 14.7 Å². The molecule has 0 fully saturated rings. The molecule has 104 valence electrons. The van der Waals surface area contributed by atoms with Crippen LogP contribution in [0.25, 0.3) is 0 Å². The maximum atomic E-state index is 6.26. The van der Waals surface area contributed by atoms with Crippen molar-refractivity contribution in [1.29, 1.82) is 0 Å². The molecule has 19 heavy (non-hydrogen) atoms. The van der Waals surface area contributed by atoms with E-state index in [2.05, 4.69) is 10.00 Å². The molecule has 0 bridgehead atoms. The maximum Gasteiger partial charge on any atom is 0.129 e. The van der Waals surface area contributed by atoms with Crippen molar-refractivity contribution in [3.05, 3.63) is 40.6 Å². The summed E-state index contributed by atoms with van der Waals surface area (Å²) < 4.78 is 7.29. The van der Waals surface area contributed by atoms with E-state index in [0.717, 1.165) is 30.1 Å². The van der Waals surface area contributed by atoms with Crippen molar-refractivity contribution in [2.45, 2.75) is 19.5 Å². The number of likely N-dealkylation sites (N-methyl/N-ethyl adjacent to an activating group) is 1. The van der Waals surface area contributed by atoms with Crippen molar-refractivity contribution < 1.29 is 4.42 Å². The molecule has 0 aliphatic heterocycles. The second kappa shape index (κ2) is 5.77. The molecule has 0 amide bonds. The number of nitrogens with two attached hydrogens (primary N) is 1. The summed E-state index contributed by atoms with van der Waals surface area (Å²) >= 11 is 6.21. The van der Waals surface area contributed by atoms with Crippen LogP contribution in [0.1, 0.15) is 23.1 Å². The van der Waals surface area contributed by atoms with Crippen molar-refractivity contribution in [3.8, 4) is 0 Å². The number of aromatic nitrogens is 2. The fraction of sp³-hybridized carbons (Fsp3) is 0.462. The highest BCUT2D eigenvalue weighted by Crippen LogP contribution is 2.28. The summed E-state index contributed by atoms with van der Waals surface area (Å²) in [5.74, 6) is 0.730. The summed E-state index contributed by atoms with van der Waals surface area (Å²) in [6, 6.07) is 1.50. The van der Waals surface area contributed by atoms with Gasteiger partial charge in [0.1, 0.15) is 11.8 Å². The fourth-order valence-electron chi connectivity index (χ4n) is 1.98. The Labute approximate surface area is 117 Å². The molecule has 0 spiro atoms. The Balaban J connectivity index is 2.28. The highest BCUT2D eigenvalue weighted by Gasteiger charge is 2.22. The van der Waals surface area contributed by atoms with Crippen molar-refractivity contribution >= 4 is 11.6 Å². The van der Waals surface area contributed by atoms with Crippen molar-refractivity contribution in [3.63, 3.8) is 0 Å². The van der Waals surface area contributed by atoms with E-state index >= 15 is 0 Å². The van der Waals surface area contributed by atoms with Crippen LogP contribution in [0.3, 0.4) is 0 Å². The maximum absolute atomic E-state index is 6.26. The third-order valence-electron chi connectivity index (χ3n) is 3.07. The van der Waals surface area contributed by atoms with E-state index in [9.17, 15) is 0 Å². The van der Waals surface area contributed by atoms with Gasteiger partial charge in [0.25, 0.3) is 0 Å². The Kier molecular flexibility index (Phi) is 4.29. The predicted molar refractivity (Wildman–Crippen MR) is 75.3 cm³/mol. The zero-order valence-electron chi connectivity index (χ0n) is 11.4. The molecule has 2 N–H and O–H groups in total. The van der Waals surface area contributed by atoms with E-state index in [0.29, 0.717) is 5.02 Å². The van der Waals surface area contributed by atoms with Gasteiger partial charge >= 0.3 is 0 Å². The first-order chi connectivity index (χ1) is 9.00. The minimum absolute atomic E-state index is 0.396. The molecule has 0 aliphatic carbocycles. The normalized spacial score (nSPS) is 13.2. The van der Waals surface area contributed by atoms with Crippen LogP contribution in [0, 0.1) is 6.92 Å². The van der Waals surface area contributed by atoms with E-state index in [1.807, 2.05) is 31.8 Å². The van der Waals surface area contributed by atoms with Crippen LogP contribution in [0.5, 0.6) is 0 Å². The Bertz CT molecular complexity index is 547. The Morgan fingerprint density at radius 3 is 2.84 bits per heavy atom. The number of hydrogen-bond acceptors (Lipinski definition) is 4. The Hall–Kier alpha value is -1.30. The second-order valence-corrected chi connectivity index (χ2v) is 5.26. The summed E-state index contributed by atoms with van der Waals surface area (Å²) in [7, 11) is 4.03. The zero-order valence-corrected chi connectivity index (χ0v) is 12.2. The summed E-state index contributed by atoms with van der Waals surface area (Å²) in [5.41, 5.74) is 8.07. The average Bonchev–Trinajstić information content (AvgIpc) is 2.92. The summed E-state index contributed by atoms with van der Waals surface area (Å²) in [6.07, 6.45) is 3.27. The molecule has 0 radical (unpaired) electrons. The predicted octanol–water partition coefficient (Wildman–Crippen LogP) is 2.05. The molecule has 0 saturated carbocycles.